The van der Waals surface area contributed by atoms with E-state index in [4.69, 9.17) is 0 Å². The van der Waals surface area contributed by atoms with Gasteiger partial charge in [-0.25, -0.2) is 17.6 Å². The van der Waals surface area contributed by atoms with Gasteiger partial charge in [0.2, 0.25) is 10.0 Å². The molecule has 1 fully saturated rings. The Morgan fingerprint density at radius 2 is 1.67 bits per heavy atom. The van der Waals surface area contributed by atoms with Crippen LogP contribution in [0.3, 0.4) is 0 Å². The molecule has 8 heteroatoms. The molecule has 144 valence electrons. The Morgan fingerprint density at radius 3 is 2.33 bits per heavy atom. The molecular formula is C19H22FN3O3S. The Hall–Kier alpha value is -2.45. The third-order valence-electron chi connectivity index (χ3n) is 4.46. The van der Waals surface area contributed by atoms with E-state index in [1.54, 1.807) is 30.3 Å². The number of nitrogens with one attached hydrogen (secondary N) is 2. The molecule has 1 heterocycles. The highest BCUT2D eigenvalue weighted by atomic mass is 32.2. The van der Waals surface area contributed by atoms with E-state index in [-0.39, 0.29) is 17.3 Å². The van der Waals surface area contributed by atoms with Crippen molar-refractivity contribution in [3.8, 4) is 0 Å². The minimum atomic E-state index is -3.49. The van der Waals surface area contributed by atoms with Crippen LogP contribution in [0.4, 0.5) is 14.9 Å². The molecule has 0 atom stereocenters. The summed E-state index contributed by atoms with van der Waals surface area (Å²) in [5, 5.41) is 5.18. The third kappa shape index (κ3) is 4.84. The average molecular weight is 391 g/mol. The fourth-order valence-corrected chi connectivity index (χ4v) is 4.47. The Balaban J connectivity index is 1.58. The normalized spacial score (nSPS) is 15.3. The summed E-state index contributed by atoms with van der Waals surface area (Å²) in [7, 11) is -3.49. The number of sulfonamides is 1. The fraction of sp³-hybridized carbons (Fsp3) is 0.316. The lowest BCUT2D eigenvalue weighted by molar-refractivity contribution is 0.251. The van der Waals surface area contributed by atoms with Gasteiger partial charge in [0.25, 0.3) is 0 Å². The number of hydrogen-bond donors (Lipinski definition) is 2. The van der Waals surface area contributed by atoms with Crippen LogP contribution >= 0.6 is 0 Å². The van der Waals surface area contributed by atoms with Gasteiger partial charge in [0.15, 0.2) is 0 Å². The summed E-state index contributed by atoms with van der Waals surface area (Å²) in [5.41, 5.74) is 0.842. The summed E-state index contributed by atoms with van der Waals surface area (Å²) in [5.74, 6) is -0.384. The van der Waals surface area contributed by atoms with Crippen LogP contribution in [0, 0.1) is 5.82 Å². The van der Waals surface area contributed by atoms with E-state index in [2.05, 4.69) is 10.6 Å². The maximum absolute atomic E-state index is 13.5. The van der Waals surface area contributed by atoms with Crippen molar-refractivity contribution in [1.82, 2.24) is 9.62 Å². The predicted molar refractivity (Wildman–Crippen MR) is 101 cm³/mol. The number of carbonyl (C=O) groups excluding carboxylic acids is 1. The van der Waals surface area contributed by atoms with Gasteiger partial charge in [-0.2, -0.15) is 4.31 Å². The molecule has 2 aromatic carbocycles. The SMILES string of the molecule is O=C(NCc1ccccc1F)Nc1ccc(S(=O)(=O)N2CCCCC2)cc1. The highest BCUT2D eigenvalue weighted by Gasteiger charge is 2.25. The van der Waals surface area contributed by atoms with Gasteiger partial charge in [-0.15, -0.1) is 0 Å². The molecule has 2 amide bonds. The zero-order valence-electron chi connectivity index (χ0n) is 14.8. The summed E-state index contributed by atoms with van der Waals surface area (Å²) >= 11 is 0. The number of rotatable bonds is 5. The van der Waals surface area contributed by atoms with Crippen LogP contribution in [0.2, 0.25) is 0 Å². The first-order valence-corrected chi connectivity index (χ1v) is 10.3. The second-order valence-corrected chi connectivity index (χ2v) is 8.33. The van der Waals surface area contributed by atoms with Crippen molar-refractivity contribution in [3.63, 3.8) is 0 Å². The van der Waals surface area contributed by atoms with E-state index in [9.17, 15) is 17.6 Å². The zero-order chi connectivity index (χ0) is 19.3. The highest BCUT2D eigenvalue weighted by molar-refractivity contribution is 7.89. The van der Waals surface area contributed by atoms with Crippen LogP contribution in [0.1, 0.15) is 24.8 Å². The minimum absolute atomic E-state index is 0.0555. The van der Waals surface area contributed by atoms with E-state index in [0.717, 1.165) is 19.3 Å². The first kappa shape index (κ1) is 19.3. The molecule has 0 aromatic heterocycles. The van der Waals surface area contributed by atoms with Gasteiger partial charge in [0, 0.05) is 30.9 Å². The molecule has 2 aromatic rings. The van der Waals surface area contributed by atoms with Crippen LogP contribution < -0.4 is 10.6 Å². The Kier molecular flexibility index (Phi) is 6.08. The topological polar surface area (TPSA) is 78.5 Å². The standard InChI is InChI=1S/C19H22FN3O3S/c20-18-7-3-2-6-15(18)14-21-19(24)22-16-8-10-17(11-9-16)27(25,26)23-12-4-1-5-13-23/h2-3,6-11H,1,4-5,12-14H2,(H2,21,22,24). The molecule has 0 saturated carbocycles. The quantitative estimate of drug-likeness (QED) is 0.821. The maximum atomic E-state index is 13.5. The average Bonchev–Trinajstić information content (AvgIpc) is 2.68. The molecule has 0 radical (unpaired) electrons. The molecular weight excluding hydrogens is 369 g/mol. The second-order valence-electron chi connectivity index (χ2n) is 6.39. The van der Waals surface area contributed by atoms with Gasteiger partial charge in [-0.05, 0) is 43.2 Å². The van der Waals surface area contributed by atoms with Crippen molar-refractivity contribution in [2.75, 3.05) is 18.4 Å². The number of hydrogen-bond acceptors (Lipinski definition) is 3. The lowest BCUT2D eigenvalue weighted by Crippen LogP contribution is -2.35. The molecule has 1 aliphatic rings. The fourth-order valence-electron chi connectivity index (χ4n) is 2.96. The first-order chi connectivity index (χ1) is 13.0. The maximum Gasteiger partial charge on any atom is 0.319 e. The van der Waals surface area contributed by atoms with Crippen molar-refractivity contribution >= 4 is 21.7 Å². The largest absolute Gasteiger partial charge is 0.334 e. The van der Waals surface area contributed by atoms with Gasteiger partial charge in [-0.1, -0.05) is 24.6 Å². The van der Waals surface area contributed by atoms with Crippen molar-refractivity contribution in [1.29, 1.82) is 0 Å². The molecule has 6 nitrogen and oxygen atoms in total. The van der Waals surface area contributed by atoms with Crippen molar-refractivity contribution in [2.24, 2.45) is 0 Å². The molecule has 27 heavy (non-hydrogen) atoms. The van der Waals surface area contributed by atoms with Gasteiger partial charge in [0.05, 0.1) is 4.90 Å². The van der Waals surface area contributed by atoms with Crippen LogP contribution in [0.15, 0.2) is 53.4 Å². The number of carbonyl (C=O) groups is 1. The molecule has 0 spiro atoms. The zero-order valence-corrected chi connectivity index (χ0v) is 15.6. The number of nitrogens with zero attached hydrogens (tertiary/aromatic N) is 1. The third-order valence-corrected chi connectivity index (χ3v) is 6.38. The number of anilines is 1. The summed E-state index contributed by atoms with van der Waals surface area (Å²) < 4.78 is 40.2. The minimum Gasteiger partial charge on any atom is -0.334 e. The molecule has 2 N–H and O–H groups in total. The summed E-state index contributed by atoms with van der Waals surface area (Å²) in [6.45, 7) is 1.14. The number of halogens is 1. The van der Waals surface area contributed by atoms with Crippen molar-refractivity contribution in [3.05, 3.63) is 59.9 Å². The molecule has 0 bridgehead atoms. The lowest BCUT2D eigenvalue weighted by Gasteiger charge is -2.25. The molecule has 1 saturated heterocycles. The van der Waals surface area contributed by atoms with E-state index in [1.807, 2.05) is 0 Å². The van der Waals surface area contributed by atoms with Gasteiger partial charge >= 0.3 is 6.03 Å². The van der Waals surface area contributed by atoms with Crippen LogP contribution in [0.25, 0.3) is 0 Å². The van der Waals surface area contributed by atoms with Crippen LogP contribution in [-0.2, 0) is 16.6 Å². The molecule has 3 rings (SSSR count). The Labute approximate surface area is 158 Å². The Morgan fingerprint density at radius 1 is 1.00 bits per heavy atom. The number of amides is 2. The van der Waals surface area contributed by atoms with Gasteiger partial charge < -0.3 is 10.6 Å². The van der Waals surface area contributed by atoms with Crippen molar-refractivity contribution in [2.45, 2.75) is 30.7 Å². The smallest absolute Gasteiger partial charge is 0.319 e. The summed E-state index contributed by atoms with van der Waals surface area (Å²) in [6, 6.07) is 11.8. The van der Waals surface area contributed by atoms with Gasteiger partial charge in [-0.3, -0.25) is 0 Å². The number of benzene rings is 2. The van der Waals surface area contributed by atoms with E-state index < -0.39 is 16.1 Å². The van der Waals surface area contributed by atoms with E-state index in [1.165, 1.54) is 22.5 Å². The van der Waals surface area contributed by atoms with Crippen LogP contribution in [-0.4, -0.2) is 31.8 Å². The summed E-state index contributed by atoms with van der Waals surface area (Å²) in [6.07, 6.45) is 2.80. The van der Waals surface area contributed by atoms with Crippen LogP contribution in [0.5, 0.6) is 0 Å². The lowest BCUT2D eigenvalue weighted by atomic mass is 10.2. The molecule has 1 aliphatic heterocycles. The molecule has 0 aliphatic carbocycles. The molecule has 0 unspecified atom stereocenters. The number of urea groups is 1. The number of piperidine rings is 1. The first-order valence-electron chi connectivity index (χ1n) is 8.85. The van der Waals surface area contributed by atoms with Crippen molar-refractivity contribution < 1.29 is 17.6 Å². The Bertz CT molecular complexity index is 895. The predicted octanol–water partition coefficient (Wildman–Crippen LogP) is 3.32. The van der Waals surface area contributed by atoms with Gasteiger partial charge in [0.1, 0.15) is 5.82 Å². The van der Waals surface area contributed by atoms with E-state index in [0.29, 0.717) is 24.3 Å². The second kappa shape index (κ2) is 8.49. The highest BCUT2D eigenvalue weighted by Crippen LogP contribution is 2.22. The van der Waals surface area contributed by atoms with E-state index >= 15 is 0 Å². The monoisotopic (exact) mass is 391 g/mol. The summed E-state index contributed by atoms with van der Waals surface area (Å²) in [4.78, 5) is 12.2.